The summed E-state index contributed by atoms with van der Waals surface area (Å²) in [6, 6.07) is 17.9. The second-order valence-electron chi connectivity index (χ2n) is 4.70. The molecule has 0 saturated carbocycles. The van der Waals surface area contributed by atoms with Crippen LogP contribution in [0.4, 0.5) is 5.69 Å². The highest BCUT2D eigenvalue weighted by atomic mass is 35.5. The van der Waals surface area contributed by atoms with Crippen molar-refractivity contribution >= 4 is 28.6 Å². The lowest BCUT2D eigenvalue weighted by molar-refractivity contribution is 1.17. The number of aromatic nitrogens is 1. The van der Waals surface area contributed by atoms with Crippen LogP contribution in [0.15, 0.2) is 54.7 Å². The molecule has 3 aromatic rings. The van der Waals surface area contributed by atoms with Gasteiger partial charge >= 0.3 is 0 Å². The van der Waals surface area contributed by atoms with E-state index in [9.17, 15) is 0 Å². The van der Waals surface area contributed by atoms with E-state index < -0.39 is 0 Å². The Balaban J connectivity index is 1.71. The molecule has 1 heterocycles. The topological polar surface area (TPSA) is 48.7 Å². The Hall–Kier alpha value is -2.35. The lowest BCUT2D eigenvalue weighted by atomic mass is 10.0. The van der Waals surface area contributed by atoms with Gasteiger partial charge in [-0.3, -0.25) is 0 Å². The van der Waals surface area contributed by atoms with Crippen molar-refractivity contribution in [3.63, 3.8) is 0 Å². The Morgan fingerprint density at radius 3 is 2.64 bits per heavy atom. The zero-order chi connectivity index (χ0) is 15.4. The highest BCUT2D eigenvalue weighted by Crippen LogP contribution is 2.23. The summed E-state index contributed by atoms with van der Waals surface area (Å²) in [7, 11) is 0. The predicted molar refractivity (Wildman–Crippen MR) is 91.0 cm³/mol. The van der Waals surface area contributed by atoms with Gasteiger partial charge in [0.15, 0.2) is 4.47 Å². The van der Waals surface area contributed by atoms with E-state index in [2.05, 4.69) is 16.4 Å². The lowest BCUT2D eigenvalue weighted by Gasteiger charge is -2.07. The Labute approximate surface area is 137 Å². The Morgan fingerprint density at radius 1 is 1.14 bits per heavy atom. The van der Waals surface area contributed by atoms with Gasteiger partial charge in [0.1, 0.15) is 0 Å². The first-order valence-corrected chi connectivity index (χ1v) is 7.89. The summed E-state index contributed by atoms with van der Waals surface area (Å²) in [6.07, 6.45) is 1.78. The second-order valence-corrected chi connectivity index (χ2v) is 6.40. The summed E-state index contributed by atoms with van der Waals surface area (Å²) >= 11 is 7.28. The van der Waals surface area contributed by atoms with Gasteiger partial charge < -0.3 is 5.32 Å². The molecule has 3 nitrogen and oxygen atoms in total. The van der Waals surface area contributed by atoms with Crippen molar-refractivity contribution in [1.82, 2.24) is 4.98 Å². The number of anilines is 1. The van der Waals surface area contributed by atoms with Crippen LogP contribution in [-0.4, -0.2) is 4.98 Å². The van der Waals surface area contributed by atoms with Gasteiger partial charge in [-0.25, -0.2) is 4.98 Å². The number of halogens is 1. The molecule has 1 N–H and O–H groups in total. The number of nitriles is 1. The van der Waals surface area contributed by atoms with Crippen LogP contribution in [0.25, 0.3) is 11.1 Å². The number of thiazole rings is 1. The SMILES string of the molecule is N#Cc1cccc(-c2ccc(NCc3cnc(Cl)s3)cc2)c1. The maximum absolute atomic E-state index is 8.96. The van der Waals surface area contributed by atoms with E-state index in [4.69, 9.17) is 16.9 Å². The van der Waals surface area contributed by atoms with E-state index >= 15 is 0 Å². The van der Waals surface area contributed by atoms with Gasteiger partial charge in [-0.15, -0.1) is 11.3 Å². The third kappa shape index (κ3) is 3.45. The van der Waals surface area contributed by atoms with Crippen LogP contribution < -0.4 is 5.32 Å². The van der Waals surface area contributed by atoms with Crippen LogP contribution in [0.3, 0.4) is 0 Å². The second kappa shape index (κ2) is 6.61. The van der Waals surface area contributed by atoms with Crippen LogP contribution in [0.2, 0.25) is 4.47 Å². The largest absolute Gasteiger partial charge is 0.380 e. The fraction of sp³-hybridized carbons (Fsp3) is 0.0588. The summed E-state index contributed by atoms with van der Waals surface area (Å²) in [5, 5.41) is 12.3. The van der Waals surface area contributed by atoms with Crippen LogP contribution in [0.5, 0.6) is 0 Å². The molecule has 0 spiro atoms. The zero-order valence-electron chi connectivity index (χ0n) is 11.6. The molecule has 0 fully saturated rings. The normalized spacial score (nSPS) is 10.2. The molecule has 0 bridgehead atoms. The number of nitrogens with one attached hydrogen (secondary N) is 1. The molecule has 0 atom stereocenters. The van der Waals surface area contributed by atoms with Crippen molar-refractivity contribution in [3.05, 3.63) is 69.6 Å². The Kier molecular flexibility index (Phi) is 4.38. The molecule has 2 aromatic carbocycles. The predicted octanol–water partition coefficient (Wildman–Crippen LogP) is 4.95. The zero-order valence-corrected chi connectivity index (χ0v) is 13.2. The first kappa shape index (κ1) is 14.6. The summed E-state index contributed by atoms with van der Waals surface area (Å²) in [5.41, 5.74) is 3.83. The summed E-state index contributed by atoms with van der Waals surface area (Å²) < 4.78 is 0.560. The van der Waals surface area contributed by atoms with Crippen molar-refractivity contribution in [1.29, 1.82) is 5.26 Å². The molecular weight excluding hydrogens is 314 g/mol. The fourth-order valence-electron chi connectivity index (χ4n) is 2.10. The summed E-state index contributed by atoms with van der Waals surface area (Å²) in [6.45, 7) is 0.702. The fourth-order valence-corrected chi connectivity index (χ4v) is 3.02. The van der Waals surface area contributed by atoms with Crippen molar-refractivity contribution < 1.29 is 0 Å². The number of nitrogens with zero attached hydrogens (tertiary/aromatic N) is 2. The van der Waals surface area contributed by atoms with E-state index in [1.54, 1.807) is 12.3 Å². The molecule has 22 heavy (non-hydrogen) atoms. The van der Waals surface area contributed by atoms with Crippen molar-refractivity contribution in [2.24, 2.45) is 0 Å². The molecule has 0 radical (unpaired) electrons. The lowest BCUT2D eigenvalue weighted by Crippen LogP contribution is -1.96. The number of hydrogen-bond acceptors (Lipinski definition) is 4. The first-order valence-electron chi connectivity index (χ1n) is 6.69. The maximum atomic E-state index is 8.96. The van der Waals surface area contributed by atoms with Gasteiger partial charge in [-0.2, -0.15) is 5.26 Å². The highest BCUT2D eigenvalue weighted by Gasteiger charge is 2.01. The average molecular weight is 326 g/mol. The summed E-state index contributed by atoms with van der Waals surface area (Å²) in [4.78, 5) is 5.11. The van der Waals surface area contributed by atoms with Crippen LogP contribution in [0.1, 0.15) is 10.4 Å². The minimum absolute atomic E-state index is 0.560. The van der Waals surface area contributed by atoms with Crippen LogP contribution in [-0.2, 0) is 6.54 Å². The molecule has 3 rings (SSSR count). The van der Waals surface area contributed by atoms with Gasteiger partial charge in [-0.1, -0.05) is 35.9 Å². The molecule has 108 valence electrons. The van der Waals surface area contributed by atoms with Gasteiger partial charge in [0.25, 0.3) is 0 Å². The molecule has 0 saturated heterocycles. The van der Waals surface area contributed by atoms with Gasteiger partial charge in [-0.05, 0) is 35.4 Å². The summed E-state index contributed by atoms with van der Waals surface area (Å²) in [5.74, 6) is 0. The van der Waals surface area contributed by atoms with Crippen molar-refractivity contribution in [2.75, 3.05) is 5.32 Å². The van der Waals surface area contributed by atoms with E-state index in [1.807, 2.05) is 42.5 Å². The molecule has 0 amide bonds. The van der Waals surface area contributed by atoms with Crippen LogP contribution in [0, 0.1) is 11.3 Å². The van der Waals surface area contributed by atoms with E-state index in [0.29, 0.717) is 16.6 Å². The average Bonchev–Trinajstić information content (AvgIpc) is 2.99. The molecule has 1 aromatic heterocycles. The molecule has 0 aliphatic carbocycles. The minimum atomic E-state index is 0.560. The van der Waals surface area contributed by atoms with E-state index in [-0.39, 0.29) is 0 Å². The van der Waals surface area contributed by atoms with Gasteiger partial charge in [0.2, 0.25) is 0 Å². The van der Waals surface area contributed by atoms with Crippen molar-refractivity contribution in [2.45, 2.75) is 6.54 Å². The van der Waals surface area contributed by atoms with E-state index in [1.165, 1.54) is 11.3 Å². The quantitative estimate of drug-likeness (QED) is 0.738. The Bertz CT molecular complexity index is 818. The molecule has 0 unspecified atom stereocenters. The molecular formula is C17H12ClN3S. The van der Waals surface area contributed by atoms with Crippen molar-refractivity contribution in [3.8, 4) is 17.2 Å². The molecule has 0 aliphatic heterocycles. The molecule has 5 heteroatoms. The third-order valence-electron chi connectivity index (χ3n) is 3.20. The Morgan fingerprint density at radius 2 is 1.95 bits per heavy atom. The van der Waals surface area contributed by atoms with Gasteiger partial charge in [0, 0.05) is 16.8 Å². The monoisotopic (exact) mass is 325 g/mol. The number of rotatable bonds is 4. The van der Waals surface area contributed by atoms with Crippen LogP contribution >= 0.6 is 22.9 Å². The minimum Gasteiger partial charge on any atom is -0.380 e. The number of benzene rings is 2. The smallest absolute Gasteiger partial charge is 0.183 e. The maximum Gasteiger partial charge on any atom is 0.183 e. The van der Waals surface area contributed by atoms with Gasteiger partial charge in [0.05, 0.1) is 18.2 Å². The third-order valence-corrected chi connectivity index (χ3v) is 4.32. The molecule has 0 aliphatic rings. The number of hydrogen-bond donors (Lipinski definition) is 1. The highest BCUT2D eigenvalue weighted by molar-refractivity contribution is 7.15. The van der Waals surface area contributed by atoms with E-state index in [0.717, 1.165) is 21.7 Å². The first-order chi connectivity index (χ1) is 10.7. The standard InChI is InChI=1S/C17H12ClN3S/c18-17-21-11-16(22-17)10-20-15-6-4-13(5-7-15)14-3-1-2-12(8-14)9-19/h1-8,11,20H,10H2.